The molecule has 2 aromatic rings. The van der Waals surface area contributed by atoms with Crippen LogP contribution >= 0.6 is 0 Å². The van der Waals surface area contributed by atoms with Crippen molar-refractivity contribution in [3.63, 3.8) is 0 Å². The minimum atomic E-state index is -4.16. The third-order valence-electron chi connectivity index (χ3n) is 3.71. The number of hydrogen-bond acceptors (Lipinski definition) is 2. The van der Waals surface area contributed by atoms with E-state index < -0.39 is 24.0 Å². The van der Waals surface area contributed by atoms with Gasteiger partial charge in [-0.05, 0) is 25.3 Å². The lowest BCUT2D eigenvalue weighted by Gasteiger charge is -2.08. The summed E-state index contributed by atoms with van der Waals surface area (Å²) in [5, 5.41) is 5.07. The van der Waals surface area contributed by atoms with E-state index in [9.17, 15) is 18.0 Å². The normalized spacial score (nSPS) is 20.9. The topological polar surface area (TPSA) is 58.4 Å². The van der Waals surface area contributed by atoms with E-state index in [0.29, 0.717) is 11.3 Å². The van der Waals surface area contributed by atoms with Crippen LogP contribution in [0.15, 0.2) is 24.5 Å². The summed E-state index contributed by atoms with van der Waals surface area (Å²) in [4.78, 5) is 16.0. The van der Waals surface area contributed by atoms with E-state index >= 15 is 0 Å². The molecule has 0 spiro atoms. The van der Waals surface area contributed by atoms with Gasteiger partial charge in [0.2, 0.25) is 0 Å². The molecule has 2 heterocycles. The van der Waals surface area contributed by atoms with Crippen LogP contribution in [0.25, 0.3) is 5.65 Å². The van der Waals surface area contributed by atoms with Crippen molar-refractivity contribution in [2.24, 2.45) is 11.8 Å². The molecule has 1 fully saturated rings. The molecule has 1 aliphatic rings. The Bertz CT molecular complexity index is 710. The molecule has 0 aliphatic heterocycles. The van der Waals surface area contributed by atoms with E-state index in [1.54, 1.807) is 18.3 Å². The van der Waals surface area contributed by atoms with Crippen LogP contribution in [0, 0.1) is 18.8 Å². The highest BCUT2D eigenvalue weighted by Gasteiger charge is 2.55. The molecule has 1 aliphatic carbocycles. The van der Waals surface area contributed by atoms with Gasteiger partial charge in [-0.25, -0.2) is 9.78 Å². The number of pyridine rings is 1. The Balaban J connectivity index is 1.53. The first-order valence-corrected chi connectivity index (χ1v) is 6.90. The number of carbonyl (C=O) groups is 1. The average molecular weight is 312 g/mol. The van der Waals surface area contributed by atoms with Crippen molar-refractivity contribution in [1.29, 1.82) is 0 Å². The van der Waals surface area contributed by atoms with Crippen molar-refractivity contribution in [2.45, 2.75) is 19.5 Å². The van der Waals surface area contributed by atoms with Gasteiger partial charge in [-0.1, -0.05) is 0 Å². The summed E-state index contributed by atoms with van der Waals surface area (Å²) in [6, 6.07) is 2.88. The number of carbonyl (C=O) groups excluding carboxylic acids is 1. The van der Waals surface area contributed by atoms with Gasteiger partial charge in [-0.2, -0.15) is 13.2 Å². The number of nitrogens with one attached hydrogen (secondary N) is 2. The van der Waals surface area contributed by atoms with Crippen molar-refractivity contribution in [1.82, 2.24) is 14.7 Å². The molecule has 0 aromatic carbocycles. The van der Waals surface area contributed by atoms with E-state index in [1.807, 2.05) is 17.5 Å². The van der Waals surface area contributed by atoms with Crippen LogP contribution in [-0.2, 0) is 0 Å². The molecule has 0 bridgehead atoms. The van der Waals surface area contributed by atoms with E-state index in [4.69, 9.17) is 0 Å². The van der Waals surface area contributed by atoms with Crippen molar-refractivity contribution < 1.29 is 18.0 Å². The highest BCUT2D eigenvalue weighted by molar-refractivity contribution is 5.89. The summed E-state index contributed by atoms with van der Waals surface area (Å²) in [5.41, 5.74) is 2.09. The Morgan fingerprint density at radius 2 is 2.27 bits per heavy atom. The number of nitrogens with zero attached hydrogens (tertiary/aromatic N) is 2. The van der Waals surface area contributed by atoms with Crippen LogP contribution in [0.5, 0.6) is 0 Å². The fraction of sp³-hybridized carbons (Fsp3) is 0.429. The number of amides is 2. The monoisotopic (exact) mass is 312 g/mol. The fourth-order valence-corrected chi connectivity index (χ4v) is 2.46. The zero-order valence-electron chi connectivity index (χ0n) is 11.8. The number of halogens is 3. The second-order valence-electron chi connectivity index (χ2n) is 5.54. The molecule has 5 nitrogen and oxygen atoms in total. The predicted octanol–water partition coefficient (Wildman–Crippen LogP) is 2.96. The van der Waals surface area contributed by atoms with E-state index in [0.717, 1.165) is 5.69 Å². The second kappa shape index (κ2) is 5.19. The first kappa shape index (κ1) is 14.7. The molecule has 2 aromatic heterocycles. The number of fused-ring (bicyclic) bond motifs is 1. The average Bonchev–Trinajstić information content (AvgIpc) is 3.11. The van der Waals surface area contributed by atoms with Crippen molar-refractivity contribution in [2.75, 3.05) is 11.9 Å². The summed E-state index contributed by atoms with van der Waals surface area (Å²) in [7, 11) is 0. The maximum absolute atomic E-state index is 12.4. The third-order valence-corrected chi connectivity index (χ3v) is 3.71. The first-order valence-electron chi connectivity index (χ1n) is 6.90. The number of imidazole rings is 1. The minimum Gasteiger partial charge on any atom is -0.338 e. The Morgan fingerprint density at radius 3 is 2.95 bits per heavy atom. The summed E-state index contributed by atoms with van der Waals surface area (Å²) in [5.74, 6) is -1.79. The third kappa shape index (κ3) is 3.15. The zero-order valence-corrected chi connectivity index (χ0v) is 11.8. The Kier molecular flexibility index (Phi) is 3.46. The number of aryl methyl sites for hydroxylation is 1. The summed E-state index contributed by atoms with van der Waals surface area (Å²) >= 11 is 0. The lowest BCUT2D eigenvalue weighted by Crippen LogP contribution is -2.31. The molecule has 22 heavy (non-hydrogen) atoms. The number of anilines is 1. The van der Waals surface area contributed by atoms with Gasteiger partial charge in [-0.3, -0.25) is 0 Å². The Hall–Kier alpha value is -2.25. The lowest BCUT2D eigenvalue weighted by atomic mass is 10.3. The van der Waals surface area contributed by atoms with Gasteiger partial charge in [0.1, 0.15) is 5.65 Å². The molecule has 2 amide bonds. The number of aromatic nitrogens is 2. The largest absolute Gasteiger partial charge is 0.392 e. The molecule has 2 N–H and O–H groups in total. The minimum absolute atomic E-state index is 0.0285. The maximum atomic E-state index is 12.4. The van der Waals surface area contributed by atoms with Crippen LogP contribution in [0.2, 0.25) is 0 Å². The molecule has 8 heteroatoms. The van der Waals surface area contributed by atoms with Gasteiger partial charge < -0.3 is 15.0 Å². The Labute approximate surface area is 124 Å². The van der Waals surface area contributed by atoms with Crippen molar-refractivity contribution in [3.8, 4) is 0 Å². The zero-order chi connectivity index (χ0) is 15.9. The number of alkyl halides is 3. The van der Waals surface area contributed by atoms with Crippen molar-refractivity contribution in [3.05, 3.63) is 30.2 Å². The van der Waals surface area contributed by atoms with Gasteiger partial charge in [0.15, 0.2) is 0 Å². The predicted molar refractivity (Wildman–Crippen MR) is 74.6 cm³/mol. The summed E-state index contributed by atoms with van der Waals surface area (Å²) in [6.07, 6.45) is -0.468. The van der Waals surface area contributed by atoms with E-state index in [2.05, 4.69) is 15.6 Å². The molecular formula is C14H15F3N4O. The van der Waals surface area contributed by atoms with Crippen LogP contribution in [0.4, 0.5) is 23.7 Å². The van der Waals surface area contributed by atoms with Gasteiger partial charge >= 0.3 is 12.2 Å². The Morgan fingerprint density at radius 1 is 1.50 bits per heavy atom. The van der Waals surface area contributed by atoms with E-state index in [1.165, 1.54) is 0 Å². The summed E-state index contributed by atoms with van der Waals surface area (Å²) in [6.45, 7) is 1.89. The van der Waals surface area contributed by atoms with Gasteiger partial charge in [0.05, 0.1) is 11.6 Å². The molecule has 2 atom stereocenters. The van der Waals surface area contributed by atoms with Crippen LogP contribution in [-0.4, -0.2) is 28.1 Å². The smallest absolute Gasteiger partial charge is 0.338 e. The lowest BCUT2D eigenvalue weighted by molar-refractivity contribution is -0.150. The van der Waals surface area contributed by atoms with Crippen molar-refractivity contribution >= 4 is 17.4 Å². The highest BCUT2D eigenvalue weighted by atomic mass is 19.4. The standard InChI is InChI=1S/C14H15F3N4O/c1-8-7-21-3-2-10(5-12(21)19-8)20-13(22)18-6-9-4-11(9)14(15,16)17/h2-3,5,7,9,11H,4,6H2,1H3,(H2,18,20,22)/t9-,11+/m0/s1. The molecule has 3 rings (SSSR count). The van der Waals surface area contributed by atoms with Crippen LogP contribution < -0.4 is 10.6 Å². The number of rotatable bonds is 3. The number of urea groups is 1. The second-order valence-corrected chi connectivity index (χ2v) is 5.54. The molecular weight excluding hydrogens is 297 g/mol. The van der Waals surface area contributed by atoms with Crippen LogP contribution in [0.1, 0.15) is 12.1 Å². The van der Waals surface area contributed by atoms with Gasteiger partial charge in [0, 0.05) is 30.7 Å². The molecule has 1 saturated carbocycles. The molecule has 118 valence electrons. The summed E-state index contributed by atoms with van der Waals surface area (Å²) < 4.78 is 38.9. The molecule has 0 saturated heterocycles. The van der Waals surface area contributed by atoms with E-state index in [-0.39, 0.29) is 13.0 Å². The van der Waals surface area contributed by atoms with Crippen LogP contribution in [0.3, 0.4) is 0 Å². The first-order chi connectivity index (χ1) is 10.3. The highest BCUT2D eigenvalue weighted by Crippen LogP contribution is 2.49. The quantitative estimate of drug-likeness (QED) is 0.915. The SMILES string of the molecule is Cc1cn2ccc(NC(=O)NC[C@@H]3C[C@H]3C(F)(F)F)cc2n1. The molecule has 0 unspecified atom stereocenters. The van der Waals surface area contributed by atoms with Gasteiger partial charge in [-0.15, -0.1) is 0 Å². The van der Waals surface area contributed by atoms with Gasteiger partial charge in [0.25, 0.3) is 0 Å². The fourth-order valence-electron chi connectivity index (χ4n) is 2.46. The number of hydrogen-bond donors (Lipinski definition) is 2. The molecule has 0 radical (unpaired) electrons. The maximum Gasteiger partial charge on any atom is 0.392 e.